The maximum atomic E-state index is 17.6. The fraction of sp³-hybridized carbons (Fsp3) is 0.526. The van der Waals surface area contributed by atoms with Gasteiger partial charge in [0.1, 0.15) is 52.7 Å². The van der Waals surface area contributed by atoms with Gasteiger partial charge in [0.25, 0.3) is 0 Å². The number of hydrogen-bond acceptors (Lipinski definition) is 11. The Morgan fingerprint density at radius 3 is 2.58 bits per heavy atom. The molecule has 1 amide bonds. The van der Waals surface area contributed by atoms with Crippen LogP contribution < -0.4 is 15.4 Å². The minimum absolute atomic E-state index is 0.0255. The quantitative estimate of drug-likeness (QED) is 0.245. The first-order chi connectivity index (χ1) is 25.4. The van der Waals surface area contributed by atoms with Gasteiger partial charge in [-0.05, 0) is 76.3 Å². The van der Waals surface area contributed by atoms with Crippen LogP contribution >= 0.6 is 0 Å². The topological polar surface area (TPSA) is 143 Å². The highest BCUT2D eigenvalue weighted by molar-refractivity contribution is 6.05. The van der Waals surface area contributed by atoms with E-state index in [9.17, 15) is 14.4 Å². The van der Waals surface area contributed by atoms with Crippen LogP contribution in [-0.4, -0.2) is 88.0 Å². The molecule has 0 radical (unpaired) electrons. The lowest BCUT2D eigenvalue weighted by molar-refractivity contribution is 0.0209. The number of amides is 1. The molecule has 15 heteroatoms. The van der Waals surface area contributed by atoms with Gasteiger partial charge in [0.05, 0.1) is 29.5 Å². The average Bonchev–Trinajstić information content (AvgIpc) is 3.91. The normalized spacial score (nSPS) is 25.3. The number of nitrogens with two attached hydrogens (primary N) is 1. The van der Waals surface area contributed by atoms with Crippen molar-refractivity contribution in [2.24, 2.45) is 0 Å². The van der Waals surface area contributed by atoms with Gasteiger partial charge in [-0.15, -0.1) is 0 Å². The summed E-state index contributed by atoms with van der Waals surface area (Å²) in [5, 5.41) is 10.5. The molecule has 0 saturated carbocycles. The first-order valence-electron chi connectivity index (χ1n) is 18.2. The predicted octanol–water partition coefficient (Wildman–Crippen LogP) is 6.35. The van der Waals surface area contributed by atoms with E-state index in [0.29, 0.717) is 48.4 Å². The molecule has 7 heterocycles. The monoisotopic (exact) mass is 731 g/mol. The first-order valence-corrected chi connectivity index (χ1v) is 18.2. The zero-order valence-corrected chi connectivity index (χ0v) is 29.8. The number of carbonyl (C=O) groups excluding carboxylic acids is 1. The number of likely N-dealkylation sites (tertiary alicyclic amines) is 1. The number of ether oxygens (including phenoxy) is 3. The van der Waals surface area contributed by atoms with E-state index in [1.807, 2.05) is 26.8 Å². The molecule has 4 fully saturated rings. The number of nitrogens with zero attached hydrogens (tertiary/aromatic N) is 6. The first kappa shape index (κ1) is 34.0. The predicted molar refractivity (Wildman–Crippen MR) is 188 cm³/mol. The van der Waals surface area contributed by atoms with Crippen LogP contribution in [0.5, 0.6) is 6.01 Å². The summed E-state index contributed by atoms with van der Waals surface area (Å²) < 4.78 is 71.9. The van der Waals surface area contributed by atoms with Crippen LogP contribution in [0.1, 0.15) is 69.6 Å². The van der Waals surface area contributed by atoms with E-state index in [-0.39, 0.29) is 77.0 Å². The molecule has 2 aromatic heterocycles. The smallest absolute Gasteiger partial charge is 0.410 e. The van der Waals surface area contributed by atoms with Crippen molar-refractivity contribution in [3.63, 3.8) is 0 Å². The number of anilines is 2. The van der Waals surface area contributed by atoms with Gasteiger partial charge < -0.3 is 34.2 Å². The van der Waals surface area contributed by atoms with Crippen LogP contribution in [0.3, 0.4) is 0 Å². The number of piperazine rings is 1. The average molecular weight is 732 g/mol. The zero-order chi connectivity index (χ0) is 37.0. The largest absolute Gasteiger partial charge is 0.461 e. The van der Waals surface area contributed by atoms with E-state index in [0.717, 1.165) is 38.3 Å². The number of aromatic nitrogens is 2. The van der Waals surface area contributed by atoms with Crippen molar-refractivity contribution in [2.45, 2.75) is 95.5 Å². The van der Waals surface area contributed by atoms with Crippen LogP contribution in [-0.2, 0) is 22.7 Å². The number of rotatable bonds is 5. The van der Waals surface area contributed by atoms with Gasteiger partial charge in [-0.25, -0.2) is 18.0 Å². The summed E-state index contributed by atoms with van der Waals surface area (Å²) in [4.78, 5) is 28.8. The van der Waals surface area contributed by atoms with E-state index in [4.69, 9.17) is 29.3 Å². The second kappa shape index (κ2) is 12.1. The van der Waals surface area contributed by atoms with Crippen LogP contribution in [0.2, 0.25) is 0 Å². The lowest BCUT2D eigenvalue weighted by atomic mass is 9.90. The van der Waals surface area contributed by atoms with Crippen molar-refractivity contribution in [2.75, 3.05) is 43.4 Å². The van der Waals surface area contributed by atoms with Gasteiger partial charge in [0, 0.05) is 49.3 Å². The van der Waals surface area contributed by atoms with Crippen molar-refractivity contribution in [3.8, 4) is 23.2 Å². The Morgan fingerprint density at radius 1 is 1.09 bits per heavy atom. The van der Waals surface area contributed by atoms with Crippen molar-refractivity contribution in [1.82, 2.24) is 19.8 Å². The summed E-state index contributed by atoms with van der Waals surface area (Å²) in [6.45, 7) is 7.50. The maximum Gasteiger partial charge on any atom is 0.410 e. The Labute approximate surface area is 303 Å². The molecule has 53 heavy (non-hydrogen) atoms. The SMILES string of the molecule is CC(C)(C)OC(=O)N1CC2CCC(C1)N2c1nc(OC[C@@]23CCCN2C[C@H](F)C3)nc2c(F)c(-c3c(F)ccc4oc(N)c(C#N)c34)c3c(c12)COC3. The number of benzene rings is 2. The molecule has 5 aliphatic heterocycles. The molecule has 2 aromatic carbocycles. The molecule has 5 aliphatic rings. The van der Waals surface area contributed by atoms with Crippen LogP contribution in [0.4, 0.5) is 29.7 Å². The molecule has 9 rings (SSSR count). The van der Waals surface area contributed by atoms with Crippen molar-refractivity contribution < 1.29 is 36.6 Å². The van der Waals surface area contributed by atoms with Crippen LogP contribution in [0.25, 0.3) is 33.0 Å². The molecule has 4 aromatic rings. The molecule has 12 nitrogen and oxygen atoms in total. The van der Waals surface area contributed by atoms with Gasteiger partial charge in [0.15, 0.2) is 5.82 Å². The molecule has 2 N–H and O–H groups in total. The van der Waals surface area contributed by atoms with Gasteiger partial charge in [-0.1, -0.05) is 0 Å². The Morgan fingerprint density at radius 2 is 1.85 bits per heavy atom. The molecule has 4 saturated heterocycles. The third-order valence-corrected chi connectivity index (χ3v) is 11.6. The zero-order valence-electron chi connectivity index (χ0n) is 29.8. The highest BCUT2D eigenvalue weighted by Crippen LogP contribution is 2.49. The summed E-state index contributed by atoms with van der Waals surface area (Å²) >= 11 is 0. The van der Waals surface area contributed by atoms with E-state index < -0.39 is 35.0 Å². The minimum atomic E-state index is -0.973. The van der Waals surface area contributed by atoms with E-state index in [1.54, 1.807) is 4.90 Å². The second-order valence-electron chi connectivity index (χ2n) is 16.0. The number of hydrogen-bond donors (Lipinski definition) is 1. The van der Waals surface area contributed by atoms with Crippen molar-refractivity contribution in [1.29, 1.82) is 5.26 Å². The molecular formula is C38H40F3N7O5. The van der Waals surface area contributed by atoms with E-state index in [2.05, 4.69) is 14.8 Å². The maximum absolute atomic E-state index is 17.6. The Kier molecular flexibility index (Phi) is 7.76. The number of fused-ring (bicyclic) bond motifs is 7. The lowest BCUT2D eigenvalue weighted by Gasteiger charge is -2.42. The van der Waals surface area contributed by atoms with Crippen molar-refractivity contribution >= 4 is 39.7 Å². The highest BCUT2D eigenvalue weighted by Gasteiger charge is 2.50. The third-order valence-electron chi connectivity index (χ3n) is 11.6. The van der Waals surface area contributed by atoms with Crippen LogP contribution in [0.15, 0.2) is 16.5 Å². The lowest BCUT2D eigenvalue weighted by Crippen LogP contribution is -2.56. The van der Waals surface area contributed by atoms with E-state index >= 15 is 8.78 Å². The van der Waals surface area contributed by atoms with Crippen molar-refractivity contribution in [3.05, 3.63) is 40.5 Å². The molecule has 4 atom stereocenters. The Hall–Kier alpha value is -4.81. The Bertz CT molecular complexity index is 2220. The summed E-state index contributed by atoms with van der Waals surface area (Å²) in [5.41, 5.74) is 5.50. The number of nitrogen functional groups attached to an aromatic ring is 1. The fourth-order valence-corrected chi connectivity index (χ4v) is 9.42. The molecule has 2 unspecified atom stereocenters. The van der Waals surface area contributed by atoms with Gasteiger partial charge >= 0.3 is 12.1 Å². The minimum Gasteiger partial charge on any atom is -0.461 e. The van der Waals surface area contributed by atoms with E-state index in [1.165, 1.54) is 6.07 Å². The molecule has 0 spiro atoms. The molecule has 0 aliphatic carbocycles. The van der Waals surface area contributed by atoms with Crippen LogP contribution in [0, 0.1) is 23.0 Å². The molecule has 2 bridgehead atoms. The standard InChI is InChI=1S/C38H40F3N7O5/c1-37(2,3)53-36(49)46-14-20-5-6-21(15-46)48(20)34-29-24-17-50-16-23(24)28(30-25(40)7-8-26-27(30)22(12-42)33(43)52-26)31(41)32(29)44-35(45-34)51-18-38-9-4-10-47(38)13-19(39)11-38/h7-8,19-21H,4-6,9-11,13-18,43H2,1-3H3/t19-,20?,21?,38+/m1/s1. The molecular weight excluding hydrogens is 691 g/mol. The number of carbonyl (C=O) groups is 1. The van der Waals surface area contributed by atoms with Gasteiger partial charge in [-0.3, -0.25) is 4.90 Å². The number of nitriles is 1. The summed E-state index contributed by atoms with van der Waals surface area (Å²) in [6.07, 6.45) is 2.14. The fourth-order valence-electron chi connectivity index (χ4n) is 9.42. The highest BCUT2D eigenvalue weighted by atomic mass is 19.1. The van der Waals surface area contributed by atoms with Gasteiger partial charge in [-0.2, -0.15) is 15.2 Å². The van der Waals surface area contributed by atoms with Gasteiger partial charge in [0.2, 0.25) is 5.88 Å². The molecule has 278 valence electrons. The number of halogens is 3. The summed E-state index contributed by atoms with van der Waals surface area (Å²) in [6, 6.07) is 4.08. The number of alkyl halides is 1. The second-order valence-corrected chi connectivity index (χ2v) is 16.0. The Balaban J connectivity index is 1.22. The third kappa shape index (κ3) is 5.35. The number of furan rings is 1. The summed E-state index contributed by atoms with van der Waals surface area (Å²) in [7, 11) is 0. The summed E-state index contributed by atoms with van der Waals surface area (Å²) in [5.74, 6) is -1.37.